The van der Waals surface area contributed by atoms with Gasteiger partial charge in [0.2, 0.25) is 0 Å². The Labute approximate surface area is 140 Å². The summed E-state index contributed by atoms with van der Waals surface area (Å²) in [6, 6.07) is 11.1. The summed E-state index contributed by atoms with van der Waals surface area (Å²) >= 11 is 3.81. The summed E-state index contributed by atoms with van der Waals surface area (Å²) in [7, 11) is 2.20. The molecule has 0 bridgehead atoms. The number of likely N-dealkylation sites (tertiary alicyclic amines) is 1. The molecule has 2 aromatic rings. The van der Waals surface area contributed by atoms with Crippen molar-refractivity contribution >= 4 is 23.1 Å². The Kier molecular flexibility index (Phi) is 4.27. The van der Waals surface area contributed by atoms with Crippen molar-refractivity contribution in [3.8, 4) is 0 Å². The lowest BCUT2D eigenvalue weighted by molar-refractivity contribution is -0.0242. The van der Waals surface area contributed by atoms with Crippen LogP contribution in [-0.2, 0) is 10.5 Å². The zero-order valence-electron chi connectivity index (χ0n) is 12.8. The number of benzene rings is 1. The zero-order valence-corrected chi connectivity index (χ0v) is 14.5. The Balaban J connectivity index is 1.66. The second kappa shape index (κ2) is 6.36. The largest absolute Gasteiger partial charge is 0.365 e. The van der Waals surface area contributed by atoms with Gasteiger partial charge in [0.15, 0.2) is 0 Å². The van der Waals surface area contributed by atoms with Gasteiger partial charge in [0.05, 0.1) is 10.3 Å². The molecule has 1 unspecified atom stereocenters. The lowest BCUT2D eigenvalue weighted by Gasteiger charge is -2.32. The molecule has 1 aromatic carbocycles. The SMILES string of the molecule is CN1CCC(OC2c3ccccc3CSc3sccc32)CC1. The molecular weight excluding hydrogens is 310 g/mol. The first-order valence-corrected chi connectivity index (χ1v) is 9.80. The highest BCUT2D eigenvalue weighted by atomic mass is 32.2. The molecule has 2 aliphatic heterocycles. The molecule has 22 heavy (non-hydrogen) atoms. The zero-order chi connectivity index (χ0) is 14.9. The molecule has 4 rings (SSSR count). The number of fused-ring (bicyclic) bond motifs is 2. The van der Waals surface area contributed by atoms with Gasteiger partial charge in [-0.3, -0.25) is 0 Å². The summed E-state index contributed by atoms with van der Waals surface area (Å²) in [5.41, 5.74) is 4.17. The fraction of sp³-hybridized carbons (Fsp3) is 0.444. The number of hydrogen-bond donors (Lipinski definition) is 0. The molecule has 2 nitrogen and oxygen atoms in total. The number of thioether (sulfide) groups is 1. The Morgan fingerprint density at radius 2 is 1.91 bits per heavy atom. The Morgan fingerprint density at radius 3 is 2.77 bits per heavy atom. The van der Waals surface area contributed by atoms with Crippen molar-refractivity contribution < 1.29 is 4.74 Å². The summed E-state index contributed by atoms with van der Waals surface area (Å²) in [6.45, 7) is 2.29. The van der Waals surface area contributed by atoms with Crippen LogP contribution in [0.4, 0.5) is 0 Å². The molecule has 1 saturated heterocycles. The lowest BCUT2D eigenvalue weighted by atomic mass is 9.98. The summed E-state index contributed by atoms with van der Waals surface area (Å²) in [6.07, 6.45) is 2.77. The summed E-state index contributed by atoms with van der Waals surface area (Å²) in [5.74, 6) is 1.05. The molecule has 1 fully saturated rings. The van der Waals surface area contributed by atoms with E-state index in [0.29, 0.717) is 6.10 Å². The molecular formula is C18H21NOS2. The molecule has 2 aliphatic rings. The van der Waals surface area contributed by atoms with Crippen LogP contribution in [-0.4, -0.2) is 31.1 Å². The Bertz CT molecular complexity index is 646. The summed E-state index contributed by atoms with van der Waals surface area (Å²) in [5, 5.41) is 2.20. The summed E-state index contributed by atoms with van der Waals surface area (Å²) in [4.78, 5) is 2.40. The minimum atomic E-state index is 0.112. The van der Waals surface area contributed by atoms with E-state index >= 15 is 0 Å². The Hall–Kier alpha value is -0.810. The Morgan fingerprint density at radius 1 is 1.09 bits per heavy atom. The van der Waals surface area contributed by atoms with Crippen molar-refractivity contribution in [2.75, 3.05) is 20.1 Å². The summed E-state index contributed by atoms with van der Waals surface area (Å²) < 4.78 is 8.06. The fourth-order valence-corrected chi connectivity index (χ4v) is 5.47. The van der Waals surface area contributed by atoms with Gasteiger partial charge in [-0.05, 0) is 42.5 Å². The van der Waals surface area contributed by atoms with E-state index in [4.69, 9.17) is 4.74 Å². The van der Waals surface area contributed by atoms with E-state index in [1.54, 1.807) is 0 Å². The topological polar surface area (TPSA) is 12.5 Å². The first-order chi connectivity index (χ1) is 10.8. The number of piperidine rings is 1. The number of rotatable bonds is 2. The first kappa shape index (κ1) is 14.8. The fourth-order valence-electron chi connectivity index (χ4n) is 3.31. The van der Waals surface area contributed by atoms with E-state index in [1.807, 2.05) is 23.1 Å². The second-order valence-corrected chi connectivity index (χ2v) is 8.33. The highest BCUT2D eigenvalue weighted by Gasteiger charge is 2.29. The van der Waals surface area contributed by atoms with E-state index in [1.165, 1.54) is 20.9 Å². The van der Waals surface area contributed by atoms with Crippen molar-refractivity contribution in [2.45, 2.75) is 35.0 Å². The van der Waals surface area contributed by atoms with Gasteiger partial charge >= 0.3 is 0 Å². The maximum atomic E-state index is 6.64. The van der Waals surface area contributed by atoms with Gasteiger partial charge < -0.3 is 9.64 Å². The molecule has 0 aliphatic carbocycles. The molecule has 1 atom stereocenters. The van der Waals surface area contributed by atoms with Gasteiger partial charge in [0, 0.05) is 24.4 Å². The number of thiophene rings is 1. The van der Waals surface area contributed by atoms with Crippen LogP contribution < -0.4 is 0 Å². The van der Waals surface area contributed by atoms with Gasteiger partial charge in [-0.15, -0.1) is 23.1 Å². The van der Waals surface area contributed by atoms with Crippen LogP contribution >= 0.6 is 23.1 Å². The maximum Gasteiger partial charge on any atom is 0.110 e. The molecule has 1 aromatic heterocycles. The van der Waals surface area contributed by atoms with Gasteiger partial charge in [-0.2, -0.15) is 0 Å². The molecule has 3 heterocycles. The molecule has 0 amide bonds. The van der Waals surface area contributed by atoms with E-state index in [2.05, 4.69) is 47.7 Å². The second-order valence-electron chi connectivity index (χ2n) is 6.17. The molecule has 116 valence electrons. The molecule has 0 N–H and O–H groups in total. The minimum Gasteiger partial charge on any atom is -0.365 e. The highest BCUT2D eigenvalue weighted by molar-refractivity contribution is 8.00. The third-order valence-electron chi connectivity index (χ3n) is 4.63. The van der Waals surface area contributed by atoms with Crippen molar-refractivity contribution in [3.63, 3.8) is 0 Å². The molecule has 0 saturated carbocycles. The predicted molar refractivity (Wildman–Crippen MR) is 93.8 cm³/mol. The third-order valence-corrected chi connectivity index (χ3v) is 6.95. The van der Waals surface area contributed by atoms with Crippen LogP contribution in [0.1, 0.15) is 35.6 Å². The van der Waals surface area contributed by atoms with Gasteiger partial charge in [0.25, 0.3) is 0 Å². The lowest BCUT2D eigenvalue weighted by Crippen LogP contribution is -2.35. The van der Waals surface area contributed by atoms with Crippen LogP contribution in [0.2, 0.25) is 0 Å². The number of nitrogens with zero attached hydrogens (tertiary/aromatic N) is 1. The first-order valence-electron chi connectivity index (χ1n) is 7.93. The van der Waals surface area contributed by atoms with E-state index < -0.39 is 0 Å². The maximum absolute atomic E-state index is 6.64. The van der Waals surface area contributed by atoms with Crippen LogP contribution in [0.25, 0.3) is 0 Å². The van der Waals surface area contributed by atoms with Crippen molar-refractivity contribution in [1.29, 1.82) is 0 Å². The van der Waals surface area contributed by atoms with Gasteiger partial charge in [0.1, 0.15) is 6.10 Å². The number of ether oxygens (including phenoxy) is 1. The average molecular weight is 332 g/mol. The normalized spacial score (nSPS) is 22.9. The van der Waals surface area contributed by atoms with Crippen molar-refractivity contribution in [3.05, 3.63) is 52.4 Å². The third kappa shape index (κ3) is 2.85. The standard InChI is InChI=1S/C18H21NOS2/c1-19-9-6-14(7-10-19)20-17-15-5-3-2-4-13(15)12-22-18-16(17)8-11-21-18/h2-5,8,11,14,17H,6-7,9-10,12H2,1H3. The van der Waals surface area contributed by atoms with E-state index in [0.717, 1.165) is 31.7 Å². The van der Waals surface area contributed by atoms with E-state index in [9.17, 15) is 0 Å². The minimum absolute atomic E-state index is 0.112. The quantitative estimate of drug-likeness (QED) is 0.801. The molecule has 0 radical (unpaired) electrons. The van der Waals surface area contributed by atoms with E-state index in [-0.39, 0.29) is 6.10 Å². The smallest absolute Gasteiger partial charge is 0.110 e. The van der Waals surface area contributed by atoms with Crippen molar-refractivity contribution in [2.24, 2.45) is 0 Å². The van der Waals surface area contributed by atoms with Crippen LogP contribution in [0.3, 0.4) is 0 Å². The van der Waals surface area contributed by atoms with Crippen LogP contribution in [0, 0.1) is 0 Å². The predicted octanol–water partition coefficient (Wildman–Crippen LogP) is 4.55. The monoisotopic (exact) mass is 331 g/mol. The average Bonchev–Trinajstić information content (AvgIpc) is 2.96. The van der Waals surface area contributed by atoms with Gasteiger partial charge in [-0.1, -0.05) is 24.3 Å². The molecule has 4 heteroatoms. The van der Waals surface area contributed by atoms with Crippen LogP contribution in [0.5, 0.6) is 0 Å². The highest BCUT2D eigenvalue weighted by Crippen LogP contribution is 2.44. The number of hydrogen-bond acceptors (Lipinski definition) is 4. The molecule has 0 spiro atoms. The van der Waals surface area contributed by atoms with Crippen molar-refractivity contribution in [1.82, 2.24) is 4.90 Å². The van der Waals surface area contributed by atoms with Crippen LogP contribution in [0.15, 0.2) is 39.9 Å². The van der Waals surface area contributed by atoms with Gasteiger partial charge in [-0.25, -0.2) is 0 Å².